The summed E-state index contributed by atoms with van der Waals surface area (Å²) in [6, 6.07) is 15.8. The molecule has 198 valence electrons. The van der Waals surface area contributed by atoms with E-state index in [1.54, 1.807) is 18.7 Å². The van der Waals surface area contributed by atoms with E-state index in [9.17, 15) is 0 Å². The van der Waals surface area contributed by atoms with Gasteiger partial charge in [0, 0.05) is 24.7 Å². The van der Waals surface area contributed by atoms with Crippen molar-refractivity contribution in [2.75, 3.05) is 30.3 Å². The van der Waals surface area contributed by atoms with Crippen LogP contribution in [0.2, 0.25) is 0 Å². The van der Waals surface area contributed by atoms with Crippen LogP contribution in [0.1, 0.15) is 36.4 Å². The fourth-order valence-electron chi connectivity index (χ4n) is 5.39. The van der Waals surface area contributed by atoms with E-state index in [2.05, 4.69) is 40.9 Å². The van der Waals surface area contributed by atoms with Crippen LogP contribution in [0.4, 0.5) is 11.4 Å². The van der Waals surface area contributed by atoms with Gasteiger partial charge in [0.1, 0.15) is 17.8 Å². The van der Waals surface area contributed by atoms with Crippen molar-refractivity contribution in [2.45, 2.75) is 31.3 Å². The number of nitrogens with one attached hydrogen (secondary N) is 3. The number of aromatic nitrogens is 5. The quantitative estimate of drug-likeness (QED) is 0.264. The summed E-state index contributed by atoms with van der Waals surface area (Å²) >= 11 is 0. The number of H-pyrrole nitrogens is 1. The number of piperidine rings is 1. The monoisotopic (exact) mass is 524 g/mol. The van der Waals surface area contributed by atoms with Crippen molar-refractivity contribution in [3.63, 3.8) is 0 Å². The molecule has 1 unspecified atom stereocenters. The molecule has 11 heteroatoms. The maximum Gasteiger partial charge on any atom is 0.242 e. The molecule has 5 aromatic rings. The molecule has 0 spiro atoms. The summed E-state index contributed by atoms with van der Waals surface area (Å²) in [5.74, 6) is 3.78. The Balaban J connectivity index is 1.06. The fraction of sp³-hybridized carbons (Fsp3) is 0.286. The lowest BCUT2D eigenvalue weighted by atomic mass is 9.96. The molecule has 0 amide bonds. The van der Waals surface area contributed by atoms with Gasteiger partial charge in [-0.1, -0.05) is 5.16 Å². The van der Waals surface area contributed by atoms with E-state index in [0.717, 1.165) is 66.0 Å². The van der Waals surface area contributed by atoms with Crippen LogP contribution in [-0.4, -0.2) is 49.9 Å². The first kappa shape index (κ1) is 23.5. The van der Waals surface area contributed by atoms with Crippen molar-refractivity contribution in [3.8, 4) is 22.8 Å². The molecular formula is C28H28N8O3. The summed E-state index contributed by atoms with van der Waals surface area (Å²) < 4.78 is 17.4. The Morgan fingerprint density at radius 2 is 1.82 bits per heavy atom. The van der Waals surface area contributed by atoms with E-state index in [-0.39, 0.29) is 5.92 Å². The maximum atomic E-state index is 6.18. The van der Waals surface area contributed by atoms with E-state index >= 15 is 0 Å². The van der Waals surface area contributed by atoms with E-state index in [0.29, 0.717) is 18.3 Å². The Kier molecular flexibility index (Phi) is 5.77. The molecule has 2 aliphatic heterocycles. The number of fused-ring (bicyclic) bond motifs is 1. The normalized spacial score (nSPS) is 19.4. The summed E-state index contributed by atoms with van der Waals surface area (Å²) in [4.78, 5) is 11.4. The minimum Gasteiger partial charge on any atom is -0.457 e. The topological polar surface area (TPSA) is 130 Å². The molecular weight excluding hydrogens is 496 g/mol. The molecule has 7 rings (SSSR count). The minimum atomic E-state index is -0.704. The van der Waals surface area contributed by atoms with Gasteiger partial charge >= 0.3 is 0 Å². The molecule has 1 fully saturated rings. The average Bonchev–Trinajstić information content (AvgIpc) is 3.77. The van der Waals surface area contributed by atoms with Crippen molar-refractivity contribution in [3.05, 3.63) is 84.8 Å². The van der Waals surface area contributed by atoms with Gasteiger partial charge in [-0.25, -0.2) is 4.98 Å². The highest BCUT2D eigenvalue weighted by Crippen LogP contribution is 2.42. The summed E-state index contributed by atoms with van der Waals surface area (Å²) in [5, 5.41) is 18.2. The second-order valence-corrected chi connectivity index (χ2v) is 10.0. The highest BCUT2D eigenvalue weighted by atomic mass is 16.5. The molecule has 3 aromatic heterocycles. The number of anilines is 2. The number of aryl methyl sites for hydroxylation is 1. The molecule has 39 heavy (non-hydrogen) atoms. The lowest BCUT2D eigenvalue weighted by Crippen LogP contribution is -2.51. The number of hydrogen-bond donors (Lipinski definition) is 3. The number of benzene rings is 2. The largest absolute Gasteiger partial charge is 0.457 e. The molecule has 2 aromatic carbocycles. The van der Waals surface area contributed by atoms with Gasteiger partial charge in [0.05, 0.1) is 23.3 Å². The highest BCUT2D eigenvalue weighted by Gasteiger charge is 2.44. The van der Waals surface area contributed by atoms with E-state index in [1.165, 1.54) is 0 Å². The summed E-state index contributed by atoms with van der Waals surface area (Å²) in [6.07, 6.45) is 6.92. The third-order valence-corrected chi connectivity index (χ3v) is 7.33. The first-order valence-corrected chi connectivity index (χ1v) is 13.0. The lowest BCUT2D eigenvalue weighted by Gasteiger charge is -2.37. The summed E-state index contributed by atoms with van der Waals surface area (Å²) in [6.45, 7) is 4.32. The zero-order valence-corrected chi connectivity index (χ0v) is 21.4. The molecule has 5 heterocycles. The van der Waals surface area contributed by atoms with Crippen molar-refractivity contribution in [2.24, 2.45) is 0 Å². The molecule has 2 aliphatic rings. The molecule has 0 bridgehead atoms. The fourth-order valence-corrected chi connectivity index (χ4v) is 5.39. The lowest BCUT2D eigenvalue weighted by molar-refractivity contribution is 0.162. The number of oxazole rings is 1. The molecule has 1 saturated heterocycles. The van der Waals surface area contributed by atoms with Gasteiger partial charge in [-0.15, -0.1) is 0 Å². The molecule has 0 radical (unpaired) electrons. The second kappa shape index (κ2) is 9.59. The Morgan fingerprint density at radius 3 is 2.54 bits per heavy atom. The van der Waals surface area contributed by atoms with Crippen LogP contribution in [0, 0.1) is 6.92 Å². The van der Waals surface area contributed by atoms with Crippen LogP contribution in [0.3, 0.4) is 0 Å². The van der Waals surface area contributed by atoms with Crippen LogP contribution < -0.4 is 15.4 Å². The first-order chi connectivity index (χ1) is 19.1. The molecule has 0 saturated carbocycles. The van der Waals surface area contributed by atoms with Crippen molar-refractivity contribution in [1.29, 1.82) is 0 Å². The summed E-state index contributed by atoms with van der Waals surface area (Å²) in [5.41, 5.74) is 3.20. The van der Waals surface area contributed by atoms with E-state index in [4.69, 9.17) is 13.7 Å². The number of likely N-dealkylation sites (tertiary alicyclic amines) is 1. The molecule has 3 N–H and O–H groups in total. The third-order valence-electron chi connectivity index (χ3n) is 7.33. The smallest absolute Gasteiger partial charge is 0.242 e. The number of rotatable bonds is 7. The molecule has 11 nitrogen and oxygen atoms in total. The van der Waals surface area contributed by atoms with Crippen molar-refractivity contribution < 1.29 is 13.7 Å². The SMILES string of the molecule is Cc1noc(C2CCN(CC3(c4ncco4)Nc4ccc(Oc5ccc(-c6ccn[nH]6)cc5)cc4N3)CC2)n1. The van der Waals surface area contributed by atoms with E-state index in [1.807, 2.05) is 55.5 Å². The summed E-state index contributed by atoms with van der Waals surface area (Å²) in [7, 11) is 0. The standard InChI is InChI=1S/C28H28N8O3/c1-18-31-26(39-35-18)20-9-13-36(14-10-20)17-28(27-29-12-15-37-27)32-24-7-6-22(16-25(24)33-28)38-21-4-2-19(3-5-21)23-8-11-30-34-23/h2-8,11-12,15-16,20,32-33H,9-10,13-14,17H2,1H3,(H,30,34). The second-order valence-electron chi connectivity index (χ2n) is 10.0. The molecule has 0 aliphatic carbocycles. The Bertz CT molecular complexity index is 1540. The van der Waals surface area contributed by atoms with Crippen LogP contribution in [0.25, 0.3) is 11.3 Å². The van der Waals surface area contributed by atoms with Crippen LogP contribution in [-0.2, 0) is 5.66 Å². The number of ether oxygens (including phenoxy) is 1. The number of aromatic amines is 1. The first-order valence-electron chi connectivity index (χ1n) is 13.0. The number of nitrogens with zero attached hydrogens (tertiary/aromatic N) is 5. The van der Waals surface area contributed by atoms with Gasteiger partial charge in [0.15, 0.2) is 11.5 Å². The highest BCUT2D eigenvalue weighted by molar-refractivity contribution is 5.78. The van der Waals surface area contributed by atoms with Crippen LogP contribution in [0.5, 0.6) is 11.5 Å². The predicted molar refractivity (Wildman–Crippen MR) is 143 cm³/mol. The maximum absolute atomic E-state index is 6.18. The van der Waals surface area contributed by atoms with Crippen molar-refractivity contribution in [1.82, 2.24) is 30.2 Å². The van der Waals surface area contributed by atoms with Crippen LogP contribution in [0.15, 0.2) is 76.1 Å². The van der Waals surface area contributed by atoms with Crippen LogP contribution >= 0.6 is 0 Å². The zero-order chi connectivity index (χ0) is 26.2. The zero-order valence-electron chi connectivity index (χ0n) is 21.4. The number of hydrogen-bond acceptors (Lipinski definition) is 10. The van der Waals surface area contributed by atoms with Gasteiger partial charge in [0.25, 0.3) is 0 Å². The molecule has 1 atom stereocenters. The van der Waals surface area contributed by atoms with Gasteiger partial charge in [-0.2, -0.15) is 10.1 Å². The Hall–Kier alpha value is -4.64. The minimum absolute atomic E-state index is 0.287. The Labute approximate surface area is 224 Å². The van der Waals surface area contributed by atoms with Gasteiger partial charge in [-0.3, -0.25) is 10.00 Å². The van der Waals surface area contributed by atoms with Gasteiger partial charge in [0.2, 0.25) is 11.8 Å². The van der Waals surface area contributed by atoms with Crippen molar-refractivity contribution >= 4 is 11.4 Å². The van der Waals surface area contributed by atoms with E-state index < -0.39 is 5.66 Å². The third kappa shape index (κ3) is 4.61. The predicted octanol–water partition coefficient (Wildman–Crippen LogP) is 5.12. The Morgan fingerprint density at radius 1 is 1.00 bits per heavy atom. The van der Waals surface area contributed by atoms with Gasteiger partial charge < -0.3 is 24.3 Å². The average molecular weight is 525 g/mol. The van der Waals surface area contributed by atoms with Gasteiger partial charge in [-0.05, 0) is 80.9 Å².